The molecule has 0 bridgehead atoms. The van der Waals surface area contributed by atoms with Gasteiger partial charge in [-0.25, -0.2) is 0 Å². The van der Waals surface area contributed by atoms with Crippen molar-refractivity contribution in [3.63, 3.8) is 0 Å². The second-order valence-electron chi connectivity index (χ2n) is 8.70. The second kappa shape index (κ2) is 9.94. The van der Waals surface area contributed by atoms with Crippen LogP contribution in [0, 0.1) is 11.8 Å². The molecule has 2 rings (SSSR count). The highest BCUT2D eigenvalue weighted by molar-refractivity contribution is 6.11. The monoisotopic (exact) mass is 428 g/mol. The Kier molecular flexibility index (Phi) is 7.82. The smallest absolute Gasteiger partial charge is 0.317 e. The van der Waals surface area contributed by atoms with E-state index in [1.54, 1.807) is 12.1 Å². The number of carbonyl (C=O) groups is 3. The lowest BCUT2D eigenvalue weighted by molar-refractivity contribution is -0.149. The molecule has 1 fully saturated rings. The Bertz CT molecular complexity index is 922. The number of phenols is 1. The van der Waals surface area contributed by atoms with Crippen LogP contribution in [0.1, 0.15) is 64.2 Å². The molecule has 1 aliphatic rings. The van der Waals surface area contributed by atoms with Crippen molar-refractivity contribution < 1.29 is 29.0 Å². The summed E-state index contributed by atoms with van der Waals surface area (Å²) in [5, 5.41) is 10.2. The fourth-order valence-corrected chi connectivity index (χ4v) is 3.90. The minimum Gasteiger partial charge on any atom is -0.507 e. The van der Waals surface area contributed by atoms with Crippen LogP contribution in [0.25, 0.3) is 0 Å². The molecule has 168 valence electrons. The van der Waals surface area contributed by atoms with Crippen LogP contribution in [-0.2, 0) is 14.3 Å². The van der Waals surface area contributed by atoms with Gasteiger partial charge in [-0.1, -0.05) is 24.1 Å². The van der Waals surface area contributed by atoms with E-state index in [9.17, 15) is 19.5 Å². The molecule has 1 heterocycles. The summed E-state index contributed by atoms with van der Waals surface area (Å²) in [4.78, 5) is 37.5. The Morgan fingerprint density at radius 2 is 1.94 bits per heavy atom. The van der Waals surface area contributed by atoms with Gasteiger partial charge in [0.2, 0.25) is 0 Å². The molecular formula is C25H32O6. The fraction of sp³-hybridized carbons (Fsp3) is 0.480. The summed E-state index contributed by atoms with van der Waals surface area (Å²) in [7, 11) is 1.46. The molecule has 0 saturated carbocycles. The molecule has 0 radical (unpaired) electrons. The number of phenolic OH excluding ortho intramolecular Hbond substituents is 1. The van der Waals surface area contributed by atoms with Crippen LogP contribution in [-0.4, -0.2) is 35.4 Å². The summed E-state index contributed by atoms with van der Waals surface area (Å²) in [5.41, 5.74) is 1.20. The van der Waals surface area contributed by atoms with E-state index >= 15 is 0 Å². The van der Waals surface area contributed by atoms with E-state index in [4.69, 9.17) is 9.47 Å². The molecule has 0 aromatic heterocycles. The zero-order chi connectivity index (χ0) is 23.3. The van der Waals surface area contributed by atoms with Crippen LogP contribution in [0.3, 0.4) is 0 Å². The lowest BCUT2D eigenvalue weighted by atomic mass is 9.77. The lowest BCUT2D eigenvalue weighted by Gasteiger charge is -2.28. The molecule has 6 nitrogen and oxygen atoms in total. The topological polar surface area (TPSA) is 89.9 Å². The van der Waals surface area contributed by atoms with E-state index in [2.05, 4.69) is 0 Å². The van der Waals surface area contributed by atoms with Crippen LogP contribution in [0.5, 0.6) is 11.5 Å². The minimum absolute atomic E-state index is 0.0607. The lowest BCUT2D eigenvalue weighted by Crippen LogP contribution is -2.33. The Labute approximate surface area is 183 Å². The van der Waals surface area contributed by atoms with Crippen LogP contribution < -0.4 is 4.74 Å². The summed E-state index contributed by atoms with van der Waals surface area (Å²) < 4.78 is 10.7. The first kappa shape index (κ1) is 24.4. The second-order valence-corrected chi connectivity index (χ2v) is 8.70. The summed E-state index contributed by atoms with van der Waals surface area (Å²) in [5.74, 6) is -2.12. The van der Waals surface area contributed by atoms with E-state index in [-0.39, 0.29) is 23.0 Å². The standard InChI is InChI=1S/C25H32O6/c1-15(2)12-18(26)13-16(3)8-7-11-25(5)17(4)22(24(29)31-25)23(28)20-10-9-19(30-6)14-21(20)27/h8-10,12,14,17,22,27H,7,11,13H2,1-6H3/b16-8+/t17-,22+,25+/m1/s1. The number of Topliss-reactive ketones (excluding diaryl/α,β-unsaturated/α-hetero) is 1. The number of aromatic hydroxyl groups is 1. The maximum Gasteiger partial charge on any atom is 0.317 e. The van der Waals surface area contributed by atoms with Crippen LogP contribution in [0.15, 0.2) is 41.5 Å². The van der Waals surface area contributed by atoms with Crippen molar-refractivity contribution in [3.8, 4) is 11.5 Å². The highest BCUT2D eigenvalue weighted by atomic mass is 16.6. The maximum atomic E-state index is 13.0. The number of hydrogen-bond donors (Lipinski definition) is 1. The number of esters is 1. The molecule has 1 N–H and O–H groups in total. The average Bonchev–Trinajstić information content (AvgIpc) is 2.88. The number of hydrogen-bond acceptors (Lipinski definition) is 6. The Morgan fingerprint density at radius 3 is 2.52 bits per heavy atom. The molecule has 3 atom stereocenters. The van der Waals surface area contributed by atoms with Gasteiger partial charge in [-0.05, 0) is 58.7 Å². The van der Waals surface area contributed by atoms with Crippen molar-refractivity contribution in [1.82, 2.24) is 0 Å². The number of benzene rings is 1. The predicted octanol–water partition coefficient (Wildman–Crippen LogP) is 4.80. The first-order chi connectivity index (χ1) is 14.5. The Morgan fingerprint density at radius 1 is 1.26 bits per heavy atom. The van der Waals surface area contributed by atoms with E-state index < -0.39 is 23.3 Å². The van der Waals surface area contributed by atoms with Crippen molar-refractivity contribution in [3.05, 3.63) is 47.1 Å². The van der Waals surface area contributed by atoms with Gasteiger partial charge in [0, 0.05) is 18.4 Å². The number of carbonyl (C=O) groups excluding carboxylic acids is 3. The molecule has 31 heavy (non-hydrogen) atoms. The third-order valence-corrected chi connectivity index (χ3v) is 5.84. The number of ketones is 2. The van der Waals surface area contributed by atoms with Gasteiger partial charge in [0.05, 0.1) is 12.7 Å². The number of ether oxygens (including phenoxy) is 2. The molecule has 1 aromatic carbocycles. The molecule has 6 heteroatoms. The molecule has 0 aliphatic carbocycles. The first-order valence-electron chi connectivity index (χ1n) is 10.5. The van der Waals surface area contributed by atoms with Crippen molar-refractivity contribution in [2.24, 2.45) is 11.8 Å². The number of allylic oxidation sites excluding steroid dienone is 4. The third-order valence-electron chi connectivity index (χ3n) is 5.84. The summed E-state index contributed by atoms with van der Waals surface area (Å²) >= 11 is 0. The van der Waals surface area contributed by atoms with Gasteiger partial charge >= 0.3 is 5.97 Å². The molecular weight excluding hydrogens is 396 g/mol. The molecule has 1 aromatic rings. The van der Waals surface area contributed by atoms with E-state index in [0.717, 1.165) is 11.1 Å². The average molecular weight is 429 g/mol. The quantitative estimate of drug-likeness (QED) is 0.200. The van der Waals surface area contributed by atoms with Gasteiger partial charge in [0.15, 0.2) is 11.6 Å². The summed E-state index contributed by atoms with van der Waals surface area (Å²) in [6.45, 7) is 9.33. The number of rotatable bonds is 9. The largest absolute Gasteiger partial charge is 0.507 e. The fourth-order valence-electron chi connectivity index (χ4n) is 3.90. The predicted molar refractivity (Wildman–Crippen MR) is 118 cm³/mol. The van der Waals surface area contributed by atoms with Gasteiger partial charge in [-0.2, -0.15) is 0 Å². The Hall–Kier alpha value is -2.89. The number of methoxy groups -OCH3 is 1. The SMILES string of the molecule is COc1ccc(C(=O)[C@H]2C(=O)O[C@@](C)(CC/C=C(\C)CC(=O)C=C(C)C)[C@@H]2C)c(O)c1. The molecule has 1 aliphatic heterocycles. The molecule has 0 spiro atoms. The summed E-state index contributed by atoms with van der Waals surface area (Å²) in [6.07, 6.45) is 5.12. The normalized spacial score (nSPS) is 23.3. The Balaban J connectivity index is 2.08. The van der Waals surface area contributed by atoms with Gasteiger partial charge in [-0.15, -0.1) is 0 Å². The van der Waals surface area contributed by atoms with Crippen LogP contribution >= 0.6 is 0 Å². The highest BCUT2D eigenvalue weighted by Gasteiger charge is 2.53. The van der Waals surface area contributed by atoms with Crippen molar-refractivity contribution >= 4 is 17.5 Å². The molecule has 0 unspecified atom stereocenters. The van der Waals surface area contributed by atoms with Gasteiger partial charge in [0.1, 0.15) is 23.0 Å². The van der Waals surface area contributed by atoms with E-state index in [1.807, 2.05) is 40.7 Å². The van der Waals surface area contributed by atoms with Gasteiger partial charge in [-0.3, -0.25) is 14.4 Å². The highest BCUT2D eigenvalue weighted by Crippen LogP contribution is 2.42. The van der Waals surface area contributed by atoms with E-state index in [1.165, 1.54) is 19.2 Å². The van der Waals surface area contributed by atoms with Crippen molar-refractivity contribution in [2.75, 3.05) is 7.11 Å². The van der Waals surface area contributed by atoms with Crippen LogP contribution in [0.4, 0.5) is 0 Å². The summed E-state index contributed by atoms with van der Waals surface area (Å²) in [6, 6.07) is 4.38. The number of cyclic esters (lactones) is 1. The zero-order valence-electron chi connectivity index (χ0n) is 19.2. The van der Waals surface area contributed by atoms with Gasteiger partial charge in [0.25, 0.3) is 0 Å². The first-order valence-corrected chi connectivity index (χ1v) is 10.5. The maximum absolute atomic E-state index is 13.0. The van der Waals surface area contributed by atoms with Crippen molar-refractivity contribution in [2.45, 2.75) is 59.5 Å². The molecule has 0 amide bonds. The van der Waals surface area contributed by atoms with Crippen LogP contribution in [0.2, 0.25) is 0 Å². The van der Waals surface area contributed by atoms with E-state index in [0.29, 0.717) is 25.0 Å². The third kappa shape index (κ3) is 5.84. The zero-order valence-corrected chi connectivity index (χ0v) is 19.2. The van der Waals surface area contributed by atoms with Crippen molar-refractivity contribution in [1.29, 1.82) is 0 Å². The minimum atomic E-state index is -0.978. The van der Waals surface area contributed by atoms with Gasteiger partial charge < -0.3 is 14.6 Å². The molecule has 1 saturated heterocycles.